The lowest BCUT2D eigenvalue weighted by Crippen LogP contribution is -2.37. The Hall–Kier alpha value is -4.90. The Morgan fingerprint density at radius 3 is 2.86 bits per heavy atom. The van der Waals surface area contributed by atoms with Gasteiger partial charge < -0.3 is 20.7 Å². The van der Waals surface area contributed by atoms with Gasteiger partial charge in [0, 0.05) is 41.5 Å². The lowest BCUT2D eigenvalue weighted by Gasteiger charge is -2.23. The van der Waals surface area contributed by atoms with Crippen molar-refractivity contribution in [2.45, 2.75) is 45.3 Å². The largest absolute Gasteiger partial charge is 0.459 e. The molecule has 0 spiro atoms. The van der Waals surface area contributed by atoms with Crippen LogP contribution in [-0.2, 0) is 11.3 Å². The van der Waals surface area contributed by atoms with Gasteiger partial charge in [-0.25, -0.2) is 4.39 Å². The number of halogens is 1. The van der Waals surface area contributed by atoms with Gasteiger partial charge in [-0.2, -0.15) is 19.6 Å². The van der Waals surface area contributed by atoms with Crippen molar-refractivity contribution in [2.75, 3.05) is 23.7 Å². The summed E-state index contributed by atoms with van der Waals surface area (Å²) in [6.45, 7) is 9.47. The molecule has 43 heavy (non-hydrogen) atoms. The molecule has 6 rings (SSSR count). The highest BCUT2D eigenvalue weighted by Crippen LogP contribution is 2.31. The van der Waals surface area contributed by atoms with Crippen LogP contribution >= 0.6 is 0 Å². The number of nitrogens with one attached hydrogen (secondary N) is 3. The van der Waals surface area contributed by atoms with Crippen LogP contribution in [0.3, 0.4) is 0 Å². The number of nitrogens with zero attached hydrogens (tertiary/aromatic N) is 5. The number of hydrogen-bond acceptors (Lipinski definition) is 8. The molecule has 1 amide bonds. The third-order valence-electron chi connectivity index (χ3n) is 7.50. The number of pyridine rings is 1. The number of hydrogen-bond donors (Lipinski definition) is 3. The molecule has 0 saturated carbocycles. The van der Waals surface area contributed by atoms with Crippen molar-refractivity contribution < 1.29 is 13.9 Å². The summed E-state index contributed by atoms with van der Waals surface area (Å²) in [7, 11) is 0. The maximum atomic E-state index is 13.2. The summed E-state index contributed by atoms with van der Waals surface area (Å²) in [5.74, 6) is -1.15. The first-order valence-electron chi connectivity index (χ1n) is 14.4. The van der Waals surface area contributed by atoms with Crippen molar-refractivity contribution in [1.82, 2.24) is 29.9 Å². The zero-order valence-corrected chi connectivity index (χ0v) is 24.1. The van der Waals surface area contributed by atoms with Gasteiger partial charge in [0.1, 0.15) is 6.10 Å². The van der Waals surface area contributed by atoms with Crippen LogP contribution in [0.25, 0.3) is 27.7 Å². The van der Waals surface area contributed by atoms with Gasteiger partial charge in [0.2, 0.25) is 5.95 Å². The number of amides is 1. The third-order valence-corrected chi connectivity index (χ3v) is 7.50. The topological polar surface area (TPSA) is 118 Å². The standard InChI is InChI=1S/C32H33FN8O2/c1-19(2)27-18-37-41-29(27)39-32(43-24-8-6-13-34-17-24)40-31(41)36-16-22-7-4-5-9-25(22)28-26-11-10-23(38-30(42)20(3)33)15-21(26)12-14-35-28/h4-5,7,9-12,14-15,18-19,24,34H,3,6,8,13,16-17H2,1-2H3,(H,38,42)(H,36,39,40). The SMILES string of the molecule is C=C(F)C(=O)Nc1ccc2c(-c3ccccc3CNc3nc(OC4CCCNC4)nc4c(C(C)C)cnn34)nccc2c1. The number of benzene rings is 2. The molecule has 11 heteroatoms. The van der Waals surface area contributed by atoms with E-state index in [2.05, 4.69) is 41.5 Å². The van der Waals surface area contributed by atoms with Crippen molar-refractivity contribution >= 4 is 34.0 Å². The zero-order valence-electron chi connectivity index (χ0n) is 24.1. The highest BCUT2D eigenvalue weighted by Gasteiger charge is 2.20. The van der Waals surface area contributed by atoms with E-state index in [0.717, 1.165) is 64.7 Å². The molecular formula is C32H33FN8O2. The molecule has 1 atom stereocenters. The summed E-state index contributed by atoms with van der Waals surface area (Å²) in [4.78, 5) is 25.9. The van der Waals surface area contributed by atoms with Crippen LogP contribution < -0.4 is 20.7 Å². The zero-order chi connectivity index (χ0) is 29.9. The molecule has 0 aliphatic carbocycles. The van der Waals surface area contributed by atoms with Gasteiger partial charge in [-0.05, 0) is 54.5 Å². The fourth-order valence-corrected chi connectivity index (χ4v) is 5.27. The van der Waals surface area contributed by atoms with E-state index in [1.54, 1.807) is 22.8 Å². The molecule has 3 N–H and O–H groups in total. The van der Waals surface area contributed by atoms with Crippen molar-refractivity contribution in [3.8, 4) is 17.3 Å². The number of aromatic nitrogens is 5. The summed E-state index contributed by atoms with van der Waals surface area (Å²) >= 11 is 0. The number of piperidine rings is 1. The molecule has 4 heterocycles. The van der Waals surface area contributed by atoms with Crippen LogP contribution in [0, 0.1) is 0 Å². The maximum Gasteiger partial charge on any atom is 0.322 e. The van der Waals surface area contributed by atoms with E-state index >= 15 is 0 Å². The second kappa shape index (κ2) is 12.1. The van der Waals surface area contributed by atoms with Crippen LogP contribution in [0.5, 0.6) is 6.01 Å². The van der Waals surface area contributed by atoms with Crippen LogP contribution in [0.15, 0.2) is 73.3 Å². The van der Waals surface area contributed by atoms with Gasteiger partial charge in [-0.15, -0.1) is 0 Å². The van der Waals surface area contributed by atoms with Gasteiger partial charge in [0.15, 0.2) is 11.5 Å². The van der Waals surface area contributed by atoms with Crippen molar-refractivity contribution in [1.29, 1.82) is 0 Å². The minimum atomic E-state index is -1.04. The number of fused-ring (bicyclic) bond motifs is 2. The predicted molar refractivity (Wildman–Crippen MR) is 165 cm³/mol. The van der Waals surface area contributed by atoms with E-state index in [1.165, 1.54) is 0 Å². The normalized spacial score (nSPS) is 15.1. The quantitative estimate of drug-likeness (QED) is 0.192. The number of rotatable bonds is 9. The molecule has 0 radical (unpaired) electrons. The van der Waals surface area contributed by atoms with Crippen LogP contribution in [-0.4, -0.2) is 49.7 Å². The Kier molecular flexibility index (Phi) is 7.97. The fraction of sp³-hybridized carbons (Fsp3) is 0.281. The van der Waals surface area contributed by atoms with Gasteiger partial charge in [-0.1, -0.05) is 50.8 Å². The van der Waals surface area contributed by atoms with Crippen molar-refractivity contribution in [3.05, 3.63) is 84.5 Å². The van der Waals surface area contributed by atoms with Crippen molar-refractivity contribution in [2.24, 2.45) is 0 Å². The molecular weight excluding hydrogens is 547 g/mol. The molecule has 2 aromatic carbocycles. The molecule has 3 aromatic heterocycles. The second-order valence-electron chi connectivity index (χ2n) is 10.9. The van der Waals surface area contributed by atoms with Crippen molar-refractivity contribution in [3.63, 3.8) is 0 Å². The Morgan fingerprint density at radius 2 is 2.07 bits per heavy atom. The van der Waals surface area contributed by atoms with E-state index < -0.39 is 11.7 Å². The average molecular weight is 581 g/mol. The van der Waals surface area contributed by atoms with Crippen LogP contribution in [0.1, 0.15) is 43.7 Å². The number of ether oxygens (including phenoxy) is 1. The summed E-state index contributed by atoms with van der Waals surface area (Å²) in [5.41, 5.74) is 4.92. The molecule has 10 nitrogen and oxygen atoms in total. The fourth-order valence-electron chi connectivity index (χ4n) is 5.27. The third kappa shape index (κ3) is 6.02. The van der Waals surface area contributed by atoms with E-state index in [-0.39, 0.29) is 12.0 Å². The monoisotopic (exact) mass is 580 g/mol. The summed E-state index contributed by atoms with van der Waals surface area (Å²) in [6, 6.07) is 15.6. The molecule has 5 aromatic rings. The average Bonchev–Trinajstić information content (AvgIpc) is 3.45. The molecule has 1 aliphatic rings. The summed E-state index contributed by atoms with van der Waals surface area (Å²) in [6.07, 6.45) is 5.56. The predicted octanol–water partition coefficient (Wildman–Crippen LogP) is 5.63. The van der Waals surface area contributed by atoms with Gasteiger partial charge in [0.05, 0.1) is 11.9 Å². The molecule has 1 fully saturated rings. The first kappa shape index (κ1) is 28.2. The minimum Gasteiger partial charge on any atom is -0.459 e. The Balaban J connectivity index is 1.32. The molecule has 220 valence electrons. The smallest absolute Gasteiger partial charge is 0.322 e. The highest BCUT2D eigenvalue weighted by atomic mass is 19.1. The highest BCUT2D eigenvalue weighted by molar-refractivity contribution is 6.04. The Labute approximate surface area is 248 Å². The Bertz CT molecular complexity index is 1810. The van der Waals surface area contributed by atoms with E-state index in [9.17, 15) is 9.18 Å². The molecule has 1 saturated heterocycles. The Morgan fingerprint density at radius 1 is 1.21 bits per heavy atom. The lowest BCUT2D eigenvalue weighted by molar-refractivity contribution is -0.114. The summed E-state index contributed by atoms with van der Waals surface area (Å²) < 4.78 is 21.2. The summed E-state index contributed by atoms with van der Waals surface area (Å²) in [5, 5.41) is 15.7. The van der Waals surface area contributed by atoms with Gasteiger partial charge >= 0.3 is 6.01 Å². The molecule has 0 bridgehead atoms. The molecule has 1 aliphatic heterocycles. The van der Waals surface area contributed by atoms with E-state index in [4.69, 9.17) is 19.7 Å². The van der Waals surface area contributed by atoms with Gasteiger partial charge in [-0.3, -0.25) is 9.78 Å². The van der Waals surface area contributed by atoms with E-state index in [0.29, 0.717) is 24.2 Å². The van der Waals surface area contributed by atoms with Crippen LogP contribution in [0.2, 0.25) is 0 Å². The number of carbonyl (C=O) groups is 1. The maximum absolute atomic E-state index is 13.2. The van der Waals surface area contributed by atoms with Gasteiger partial charge in [0.25, 0.3) is 5.91 Å². The minimum absolute atomic E-state index is 0.0114. The lowest BCUT2D eigenvalue weighted by atomic mass is 9.99. The number of carbonyl (C=O) groups excluding carboxylic acids is 1. The van der Waals surface area contributed by atoms with Crippen LogP contribution in [0.4, 0.5) is 16.0 Å². The van der Waals surface area contributed by atoms with E-state index in [1.807, 2.05) is 42.6 Å². The molecule has 1 unspecified atom stereocenters. The second-order valence-corrected chi connectivity index (χ2v) is 10.9. The first-order valence-corrected chi connectivity index (χ1v) is 14.4. The number of anilines is 2. The first-order chi connectivity index (χ1) is 20.9.